The van der Waals surface area contributed by atoms with E-state index in [9.17, 15) is 0 Å². The normalized spacial score (nSPS) is 13.0. The molecule has 0 radical (unpaired) electrons. The van der Waals surface area contributed by atoms with Gasteiger partial charge in [-0.1, -0.05) is 179 Å². The SMILES string of the molecule is CC(C)(C)c1cc(-c2cc(-c3cncc(-c4cc(-c5cc(C(C)(C)C)cc(C(C)(C)C)c5)cc(-c5cnccn5)c4)c3)cc(-c3cc(C(C)(C)C)cc(C(C)(C)C)c3)c2)cc(C(C)(C)C)c1. The summed E-state index contributed by atoms with van der Waals surface area (Å²) in [4.78, 5) is 14.3. The molecule has 0 aliphatic heterocycles. The van der Waals surface area contributed by atoms with E-state index < -0.39 is 0 Å². The Hall–Kier alpha value is -5.67. The predicted octanol–water partition coefficient (Wildman–Crippen LogP) is 17.7. The third-order valence-electron chi connectivity index (χ3n) is 13.1. The monoisotopic (exact) mass is 874 g/mol. The summed E-state index contributed by atoms with van der Waals surface area (Å²) in [5, 5.41) is 0. The van der Waals surface area contributed by atoms with Crippen molar-refractivity contribution < 1.29 is 0 Å². The second kappa shape index (κ2) is 17.2. The van der Waals surface area contributed by atoms with Crippen LogP contribution in [-0.4, -0.2) is 15.0 Å². The highest BCUT2D eigenvalue weighted by atomic mass is 14.8. The Morgan fingerprint density at radius 2 is 0.470 bits per heavy atom. The summed E-state index contributed by atoms with van der Waals surface area (Å²) in [7, 11) is 0. The smallest absolute Gasteiger partial charge is 0.0885 e. The second-order valence-corrected chi connectivity index (χ2v) is 25.0. The molecule has 7 rings (SSSR count). The van der Waals surface area contributed by atoms with Gasteiger partial charge in [-0.05, 0) is 153 Å². The quantitative estimate of drug-likeness (QED) is 0.167. The molecule has 2 heterocycles. The van der Waals surface area contributed by atoms with Crippen molar-refractivity contribution in [3.63, 3.8) is 0 Å². The number of aromatic nitrogens is 3. The fourth-order valence-corrected chi connectivity index (χ4v) is 8.42. The van der Waals surface area contributed by atoms with Gasteiger partial charge in [-0.3, -0.25) is 15.0 Å². The van der Waals surface area contributed by atoms with Gasteiger partial charge < -0.3 is 0 Å². The molecule has 0 saturated carbocycles. The van der Waals surface area contributed by atoms with Crippen molar-refractivity contribution >= 4 is 0 Å². The molecule has 0 unspecified atom stereocenters. The van der Waals surface area contributed by atoms with Crippen molar-refractivity contribution in [3.05, 3.63) is 161 Å². The van der Waals surface area contributed by atoms with Crippen LogP contribution >= 0.6 is 0 Å². The zero-order chi connectivity index (χ0) is 48.4. The summed E-state index contributed by atoms with van der Waals surface area (Å²) in [6.45, 7) is 41.6. The van der Waals surface area contributed by atoms with Crippen molar-refractivity contribution in [1.82, 2.24) is 15.0 Å². The zero-order valence-electron chi connectivity index (χ0n) is 43.5. The van der Waals surface area contributed by atoms with Crippen LogP contribution in [0, 0.1) is 0 Å². The Labute approximate surface area is 398 Å². The van der Waals surface area contributed by atoms with E-state index in [0.717, 1.165) is 39.1 Å². The maximum Gasteiger partial charge on any atom is 0.0885 e. The average molecular weight is 874 g/mol. The molecular formula is C63H75N3. The van der Waals surface area contributed by atoms with Crippen molar-refractivity contribution in [2.75, 3.05) is 0 Å². The molecule has 7 aromatic rings. The first-order chi connectivity index (χ1) is 30.4. The summed E-state index contributed by atoms with van der Waals surface area (Å²) >= 11 is 0. The summed E-state index contributed by atoms with van der Waals surface area (Å²) in [6, 6.07) is 37.9. The molecule has 0 fully saturated rings. The highest BCUT2D eigenvalue weighted by Crippen LogP contribution is 2.42. The van der Waals surface area contributed by atoms with E-state index in [1.165, 1.54) is 61.2 Å². The number of pyridine rings is 1. The first-order valence-corrected chi connectivity index (χ1v) is 24.0. The van der Waals surface area contributed by atoms with Gasteiger partial charge in [0.1, 0.15) is 0 Å². The molecule has 0 amide bonds. The zero-order valence-corrected chi connectivity index (χ0v) is 43.5. The van der Waals surface area contributed by atoms with E-state index in [0.29, 0.717) is 0 Å². The van der Waals surface area contributed by atoms with Crippen molar-refractivity contribution in [2.45, 2.75) is 157 Å². The minimum absolute atomic E-state index is 0.0154. The van der Waals surface area contributed by atoms with Crippen LogP contribution in [0.15, 0.2) is 128 Å². The van der Waals surface area contributed by atoms with Gasteiger partial charge in [-0.25, -0.2) is 0 Å². The fourth-order valence-electron chi connectivity index (χ4n) is 8.42. The topological polar surface area (TPSA) is 38.7 Å². The van der Waals surface area contributed by atoms with E-state index >= 15 is 0 Å². The number of benzene rings is 5. The molecule has 0 spiro atoms. The summed E-state index contributed by atoms with van der Waals surface area (Å²) in [5.74, 6) is 0. The van der Waals surface area contributed by atoms with Crippen LogP contribution in [0.1, 0.15) is 158 Å². The van der Waals surface area contributed by atoms with Crippen LogP contribution in [-0.2, 0) is 32.5 Å². The standard InChI is InChI=1S/C63H75N3/c1-58(2,3)51-28-45(29-52(34-51)59(4,5)6)40-21-41(46-30-53(60(7,8)9)35-54(31-46)61(10,11)12)23-43(22-40)49-27-50(38-65-37-49)44-24-42(25-48(26-44)57-39-64-19-20-66-57)47-32-55(62(13,14)15)36-56(33-47)63(16,17)18/h19-39H,1-18H3. The molecule has 0 aliphatic carbocycles. The van der Waals surface area contributed by atoms with Crippen LogP contribution in [0.5, 0.6) is 0 Å². The molecule has 0 bridgehead atoms. The highest BCUT2D eigenvalue weighted by molar-refractivity contribution is 5.85. The fraction of sp³-hybridized carbons (Fsp3) is 0.381. The molecule has 2 aromatic heterocycles. The number of rotatable bonds is 6. The minimum atomic E-state index is -0.0161. The maximum absolute atomic E-state index is 5.00. The lowest BCUT2D eigenvalue weighted by Crippen LogP contribution is -2.16. The van der Waals surface area contributed by atoms with Gasteiger partial charge in [0.15, 0.2) is 0 Å². The van der Waals surface area contributed by atoms with Gasteiger partial charge in [0.2, 0.25) is 0 Å². The summed E-state index contributed by atoms with van der Waals surface area (Å²) in [6.07, 6.45) is 9.40. The van der Waals surface area contributed by atoms with E-state index in [1.54, 1.807) is 12.4 Å². The van der Waals surface area contributed by atoms with Crippen molar-refractivity contribution in [2.24, 2.45) is 0 Å². The Morgan fingerprint density at radius 1 is 0.227 bits per heavy atom. The van der Waals surface area contributed by atoms with Gasteiger partial charge in [-0.2, -0.15) is 0 Å². The van der Waals surface area contributed by atoms with Crippen molar-refractivity contribution in [1.29, 1.82) is 0 Å². The van der Waals surface area contributed by atoms with Crippen LogP contribution in [0.2, 0.25) is 0 Å². The Balaban J connectivity index is 1.48. The lowest BCUT2D eigenvalue weighted by atomic mass is 9.78. The Morgan fingerprint density at radius 3 is 0.727 bits per heavy atom. The first kappa shape index (κ1) is 48.3. The lowest BCUT2D eigenvalue weighted by Gasteiger charge is -2.27. The molecule has 0 atom stereocenters. The summed E-state index contributed by atoms with van der Waals surface area (Å²) in [5.41, 5.74) is 21.3. The minimum Gasteiger partial charge on any atom is -0.263 e. The molecule has 5 aromatic carbocycles. The second-order valence-electron chi connectivity index (χ2n) is 25.0. The van der Waals surface area contributed by atoms with E-state index in [-0.39, 0.29) is 32.5 Å². The molecule has 66 heavy (non-hydrogen) atoms. The van der Waals surface area contributed by atoms with Crippen LogP contribution < -0.4 is 0 Å². The van der Waals surface area contributed by atoms with E-state index in [4.69, 9.17) is 9.97 Å². The molecule has 0 N–H and O–H groups in total. The molecule has 0 aliphatic rings. The maximum atomic E-state index is 5.00. The van der Waals surface area contributed by atoms with Gasteiger partial charge in [0, 0.05) is 41.5 Å². The highest BCUT2D eigenvalue weighted by Gasteiger charge is 2.25. The number of hydrogen-bond donors (Lipinski definition) is 0. The molecular weight excluding hydrogens is 799 g/mol. The molecule has 342 valence electrons. The third kappa shape index (κ3) is 10.9. The van der Waals surface area contributed by atoms with Crippen molar-refractivity contribution in [3.8, 4) is 66.9 Å². The predicted molar refractivity (Wildman–Crippen MR) is 285 cm³/mol. The Kier molecular flexibility index (Phi) is 12.6. The van der Waals surface area contributed by atoms with Gasteiger partial charge >= 0.3 is 0 Å². The van der Waals surface area contributed by atoms with Crippen LogP contribution in [0.4, 0.5) is 0 Å². The molecule has 3 heteroatoms. The van der Waals surface area contributed by atoms with Crippen LogP contribution in [0.3, 0.4) is 0 Å². The van der Waals surface area contributed by atoms with Gasteiger partial charge in [0.05, 0.1) is 11.9 Å². The van der Waals surface area contributed by atoms with Gasteiger partial charge in [0.25, 0.3) is 0 Å². The lowest BCUT2D eigenvalue weighted by molar-refractivity contribution is 0.568. The average Bonchev–Trinajstić information content (AvgIpc) is 3.24. The number of nitrogens with zero attached hydrogens (tertiary/aromatic N) is 3. The largest absolute Gasteiger partial charge is 0.263 e. The Bertz CT molecular complexity index is 2700. The first-order valence-electron chi connectivity index (χ1n) is 24.0. The van der Waals surface area contributed by atoms with E-state index in [1.807, 2.05) is 18.6 Å². The third-order valence-corrected chi connectivity index (χ3v) is 13.1. The van der Waals surface area contributed by atoms with Gasteiger partial charge in [-0.15, -0.1) is 0 Å². The van der Waals surface area contributed by atoms with E-state index in [2.05, 4.69) is 227 Å². The number of hydrogen-bond acceptors (Lipinski definition) is 3. The van der Waals surface area contributed by atoms with Crippen LogP contribution in [0.25, 0.3) is 66.9 Å². The molecule has 0 saturated heterocycles. The summed E-state index contributed by atoms with van der Waals surface area (Å²) < 4.78 is 0. The molecule has 3 nitrogen and oxygen atoms in total.